The average Bonchev–Trinajstić information content (AvgIpc) is 3.84. The Morgan fingerprint density at radius 2 is 0.981 bits per heavy atom. The highest BCUT2D eigenvalue weighted by molar-refractivity contribution is 5.89. The first-order valence-electron chi connectivity index (χ1n) is 16.9. The third-order valence-electron chi connectivity index (χ3n) is 11.8. The number of hydrogen-bond donors (Lipinski definition) is 2. The van der Waals surface area contributed by atoms with Crippen LogP contribution in [0.2, 0.25) is 0 Å². The molecule has 10 N–H and O–H groups in total. The van der Waals surface area contributed by atoms with Gasteiger partial charge in [-0.1, -0.05) is 53.0 Å². The monoisotopic (exact) mass is 742 g/mol. The molecule has 0 unspecified atom stereocenters. The van der Waals surface area contributed by atoms with Gasteiger partial charge in [0, 0.05) is 49.2 Å². The van der Waals surface area contributed by atoms with E-state index in [1.807, 2.05) is 12.2 Å². The summed E-state index contributed by atoms with van der Waals surface area (Å²) in [5, 5.41) is 21.3. The van der Waals surface area contributed by atoms with Crippen LogP contribution in [0.15, 0.2) is 47.6 Å². The average molecular weight is 743 g/mol. The summed E-state index contributed by atoms with van der Waals surface area (Å²) in [6.45, 7) is 20.9. The zero-order chi connectivity index (χ0) is 35.3. The van der Waals surface area contributed by atoms with Crippen molar-refractivity contribution in [3.63, 3.8) is 0 Å². The predicted octanol–water partition coefficient (Wildman–Crippen LogP) is -1.20. The molecule has 6 aliphatic rings. The van der Waals surface area contributed by atoms with E-state index in [0.717, 1.165) is 50.2 Å². The highest BCUT2D eigenvalue weighted by Crippen LogP contribution is 2.37. The standard InChI is InChI=1S/2C18H25NO5.4H2O/c2*1-10-11(2)16(20)24-14-6-8-19-7-5-13(15(14)19)9-23-17(21)18(4,22)12(10)3;;;;/h2*5,10,12,14-15,22H,2,6-9H2,1,3-4H3;4*1H2/t2*10-,12+,14+,15+,18+;;;;/m00..../s1. The molecule has 4 fully saturated rings. The van der Waals surface area contributed by atoms with E-state index in [0.29, 0.717) is 0 Å². The van der Waals surface area contributed by atoms with E-state index < -0.39 is 58.8 Å². The Morgan fingerprint density at radius 1 is 0.654 bits per heavy atom. The van der Waals surface area contributed by atoms with Crippen LogP contribution >= 0.6 is 0 Å². The molecule has 16 nitrogen and oxygen atoms in total. The number of nitrogens with zero attached hydrogens (tertiary/aromatic N) is 2. The molecule has 0 aromatic rings. The molecular weight excluding hydrogens is 684 g/mol. The van der Waals surface area contributed by atoms with Gasteiger partial charge in [0.25, 0.3) is 0 Å². The molecule has 52 heavy (non-hydrogen) atoms. The molecule has 0 bridgehead atoms. The number of hydrogen-bond acceptors (Lipinski definition) is 12. The van der Waals surface area contributed by atoms with E-state index in [-0.39, 0.29) is 70.6 Å². The van der Waals surface area contributed by atoms with Crippen LogP contribution in [0.4, 0.5) is 0 Å². The highest BCUT2D eigenvalue weighted by atomic mass is 16.6. The number of carbonyl (C=O) groups excluding carboxylic acids is 4. The van der Waals surface area contributed by atoms with Crippen LogP contribution in [-0.4, -0.2) is 141 Å². The number of cyclic esters (lactones) is 2. The van der Waals surface area contributed by atoms with Gasteiger partial charge in [-0.25, -0.2) is 19.2 Å². The zero-order valence-electron chi connectivity index (χ0n) is 30.9. The molecule has 0 spiro atoms. The van der Waals surface area contributed by atoms with E-state index in [4.69, 9.17) is 18.9 Å². The number of ether oxygens (including phenoxy) is 4. The lowest BCUT2D eigenvalue weighted by Gasteiger charge is -2.34. The molecule has 0 amide bonds. The summed E-state index contributed by atoms with van der Waals surface area (Å²) < 4.78 is 22.2. The van der Waals surface area contributed by atoms with Crippen molar-refractivity contribution in [1.29, 1.82) is 0 Å². The maximum Gasteiger partial charge on any atom is 0.338 e. The third kappa shape index (κ3) is 8.50. The van der Waals surface area contributed by atoms with Gasteiger partial charge in [0.2, 0.25) is 0 Å². The third-order valence-corrected chi connectivity index (χ3v) is 11.8. The molecule has 296 valence electrons. The van der Waals surface area contributed by atoms with Gasteiger partial charge in [0.05, 0.1) is 12.1 Å². The van der Waals surface area contributed by atoms with Crippen LogP contribution in [-0.2, 0) is 38.1 Å². The van der Waals surface area contributed by atoms with E-state index in [1.165, 1.54) is 13.8 Å². The molecule has 0 radical (unpaired) electrons. The van der Waals surface area contributed by atoms with Crippen molar-refractivity contribution < 1.29 is 70.2 Å². The van der Waals surface area contributed by atoms with Gasteiger partial charge in [-0.05, 0) is 49.7 Å². The predicted molar refractivity (Wildman–Crippen MR) is 188 cm³/mol. The second kappa shape index (κ2) is 17.6. The normalized spacial score (nSPS) is 37.8. The fourth-order valence-corrected chi connectivity index (χ4v) is 7.59. The van der Waals surface area contributed by atoms with E-state index in [9.17, 15) is 29.4 Å². The van der Waals surface area contributed by atoms with Crippen molar-refractivity contribution in [3.8, 4) is 0 Å². The Hall–Kier alpha value is -3.48. The molecule has 0 saturated carbocycles. The molecule has 0 aromatic carbocycles. The zero-order valence-corrected chi connectivity index (χ0v) is 30.9. The number of aliphatic hydroxyl groups is 2. The number of esters is 4. The van der Waals surface area contributed by atoms with Gasteiger partial charge in [0.1, 0.15) is 25.4 Å². The highest BCUT2D eigenvalue weighted by Gasteiger charge is 2.48. The Balaban J connectivity index is 0.000000483. The maximum absolute atomic E-state index is 12.5. The second-order valence-corrected chi connectivity index (χ2v) is 14.6. The molecule has 0 aromatic heterocycles. The van der Waals surface area contributed by atoms with E-state index in [1.54, 1.807) is 27.7 Å². The fraction of sp³-hybridized carbons (Fsp3) is 0.667. The summed E-state index contributed by atoms with van der Waals surface area (Å²) in [5.41, 5.74) is -0.982. The van der Waals surface area contributed by atoms with Crippen molar-refractivity contribution in [2.75, 3.05) is 39.4 Å². The first-order chi connectivity index (χ1) is 22.5. The van der Waals surface area contributed by atoms with Gasteiger partial charge in [0.15, 0.2) is 11.2 Å². The van der Waals surface area contributed by atoms with Gasteiger partial charge in [-0.2, -0.15) is 0 Å². The van der Waals surface area contributed by atoms with Crippen LogP contribution < -0.4 is 0 Å². The Morgan fingerprint density at radius 3 is 1.31 bits per heavy atom. The van der Waals surface area contributed by atoms with Crippen LogP contribution in [0.1, 0.15) is 54.4 Å². The lowest BCUT2D eigenvalue weighted by Crippen LogP contribution is -2.47. The lowest BCUT2D eigenvalue weighted by molar-refractivity contribution is -0.171. The second-order valence-electron chi connectivity index (χ2n) is 14.6. The molecular formula is C36H58N2O14. The molecule has 16 heteroatoms. The van der Waals surface area contributed by atoms with Crippen molar-refractivity contribution in [1.82, 2.24) is 9.80 Å². The van der Waals surface area contributed by atoms with Crippen molar-refractivity contribution in [2.45, 2.75) is 89.9 Å². The van der Waals surface area contributed by atoms with E-state index in [2.05, 4.69) is 23.0 Å². The molecule has 6 aliphatic heterocycles. The minimum absolute atomic E-state index is 0. The van der Waals surface area contributed by atoms with Crippen molar-refractivity contribution >= 4 is 23.9 Å². The topological polar surface area (TPSA) is 278 Å². The van der Waals surface area contributed by atoms with E-state index >= 15 is 0 Å². The van der Waals surface area contributed by atoms with Crippen LogP contribution in [0.5, 0.6) is 0 Å². The summed E-state index contributed by atoms with van der Waals surface area (Å²) >= 11 is 0. The maximum atomic E-state index is 12.5. The molecule has 6 rings (SSSR count). The summed E-state index contributed by atoms with van der Waals surface area (Å²) in [6, 6.07) is -0.0988. The van der Waals surface area contributed by atoms with Crippen LogP contribution in [0.3, 0.4) is 0 Å². The quantitative estimate of drug-likeness (QED) is 0.128. The molecule has 4 saturated heterocycles. The largest absolute Gasteiger partial charge is 0.459 e. The number of carbonyl (C=O) groups is 4. The Labute approximate surface area is 304 Å². The molecule has 10 atom stereocenters. The first kappa shape index (κ1) is 46.5. The van der Waals surface area contributed by atoms with Crippen molar-refractivity contribution in [3.05, 3.63) is 47.6 Å². The first-order valence-corrected chi connectivity index (χ1v) is 16.9. The van der Waals surface area contributed by atoms with Crippen LogP contribution in [0.25, 0.3) is 0 Å². The smallest absolute Gasteiger partial charge is 0.338 e. The minimum atomic E-state index is -1.70. The van der Waals surface area contributed by atoms with Gasteiger partial charge in [-0.3, -0.25) is 9.80 Å². The summed E-state index contributed by atoms with van der Waals surface area (Å²) in [7, 11) is 0. The van der Waals surface area contributed by atoms with Gasteiger partial charge >= 0.3 is 23.9 Å². The SMILES string of the molecule is C=C1C(=O)O[C@@H]2CCN3CC=C(COC(=O)[C@](C)(O)[C@H](C)[C@H]1C)[C@H]23.C=C1C(=O)O[C@@H]2CCN3CC=C(COC(=O)[C@](C)(O)[C@H](C)[C@H]1C)[C@H]23.O.O.O.O. The van der Waals surface area contributed by atoms with Gasteiger partial charge in [-0.15, -0.1) is 0 Å². The molecule has 6 heterocycles. The van der Waals surface area contributed by atoms with Crippen molar-refractivity contribution in [2.24, 2.45) is 23.7 Å². The Bertz CT molecular complexity index is 1330. The lowest BCUT2D eigenvalue weighted by atomic mass is 9.78. The summed E-state index contributed by atoms with van der Waals surface area (Å²) in [5.74, 6) is -4.11. The molecule has 0 aliphatic carbocycles. The van der Waals surface area contributed by atoms with Crippen LogP contribution in [0, 0.1) is 23.7 Å². The summed E-state index contributed by atoms with van der Waals surface area (Å²) in [6.07, 6.45) is 5.06. The minimum Gasteiger partial charge on any atom is -0.459 e. The van der Waals surface area contributed by atoms with Gasteiger partial charge < -0.3 is 51.1 Å². The number of rotatable bonds is 0. The fourth-order valence-electron chi connectivity index (χ4n) is 7.59. The Kier molecular flexibility index (Phi) is 15.7. The summed E-state index contributed by atoms with van der Waals surface area (Å²) in [4.78, 5) is 54.2.